The maximum Gasteiger partial charge on any atom is 0.232 e. The summed E-state index contributed by atoms with van der Waals surface area (Å²) in [5.41, 5.74) is 1.62. The van der Waals surface area contributed by atoms with Gasteiger partial charge in [-0.25, -0.2) is 4.39 Å². The number of nitrogens with zero attached hydrogens (tertiary/aromatic N) is 2. The fraction of sp³-hybridized carbons (Fsp3) is 0.429. The predicted octanol–water partition coefficient (Wildman–Crippen LogP) is 2.60. The van der Waals surface area contributed by atoms with E-state index in [1.165, 1.54) is 12.1 Å². The van der Waals surface area contributed by atoms with Crippen LogP contribution >= 0.6 is 11.8 Å². The Bertz CT molecular complexity index is 616. The van der Waals surface area contributed by atoms with E-state index in [0.29, 0.717) is 17.8 Å². The first-order valence-electron chi connectivity index (χ1n) is 6.54. The molecule has 1 aromatic heterocycles. The Kier molecular flexibility index (Phi) is 3.76. The van der Waals surface area contributed by atoms with E-state index in [1.54, 1.807) is 6.07 Å². The molecule has 0 radical (unpaired) electrons. The molecule has 2 atom stereocenters. The Morgan fingerprint density at radius 2 is 2.25 bits per heavy atom. The average molecular weight is 293 g/mol. The summed E-state index contributed by atoms with van der Waals surface area (Å²) in [6, 6.07) is 4.95. The molecule has 0 aliphatic carbocycles. The molecule has 4 nitrogen and oxygen atoms in total. The van der Waals surface area contributed by atoms with E-state index in [1.807, 2.05) is 25.7 Å². The van der Waals surface area contributed by atoms with Crippen LogP contribution in [-0.2, 0) is 0 Å². The van der Waals surface area contributed by atoms with E-state index >= 15 is 0 Å². The molecule has 106 valence electrons. The lowest BCUT2D eigenvalue weighted by Crippen LogP contribution is -2.31. The second-order valence-electron chi connectivity index (χ2n) is 4.95. The number of aryl methyl sites for hydroxylation is 1. The van der Waals surface area contributed by atoms with Crippen molar-refractivity contribution in [2.75, 3.05) is 18.6 Å². The summed E-state index contributed by atoms with van der Waals surface area (Å²) in [4.78, 5) is 4.50. The van der Waals surface area contributed by atoms with Gasteiger partial charge in [-0.3, -0.25) is 0 Å². The predicted molar refractivity (Wildman–Crippen MR) is 77.3 cm³/mol. The Labute approximate surface area is 121 Å². The standard InChI is InChI=1S/C14H16FN3OS/c1-8-5-9(15)3-4-10(8)13-17-14(19-18-13)11-6-20-7-12(11)16-2/h3-5,11-12,16H,6-7H2,1-2H3. The maximum absolute atomic E-state index is 13.1. The fourth-order valence-electron chi connectivity index (χ4n) is 2.46. The monoisotopic (exact) mass is 293 g/mol. The molecule has 0 saturated carbocycles. The van der Waals surface area contributed by atoms with Crippen molar-refractivity contribution in [3.63, 3.8) is 0 Å². The van der Waals surface area contributed by atoms with E-state index in [-0.39, 0.29) is 11.7 Å². The van der Waals surface area contributed by atoms with Crippen LogP contribution in [0.2, 0.25) is 0 Å². The molecule has 1 saturated heterocycles. The van der Waals surface area contributed by atoms with E-state index < -0.39 is 0 Å². The van der Waals surface area contributed by atoms with Crippen molar-refractivity contribution in [2.45, 2.75) is 18.9 Å². The quantitative estimate of drug-likeness (QED) is 0.942. The first-order valence-corrected chi connectivity index (χ1v) is 7.69. The summed E-state index contributed by atoms with van der Waals surface area (Å²) in [7, 11) is 1.95. The number of rotatable bonds is 3. The lowest BCUT2D eigenvalue weighted by Gasteiger charge is -2.13. The van der Waals surface area contributed by atoms with Crippen molar-refractivity contribution in [3.05, 3.63) is 35.5 Å². The summed E-state index contributed by atoms with van der Waals surface area (Å²) in [6.45, 7) is 1.84. The molecule has 1 N–H and O–H groups in total. The number of benzene rings is 1. The molecule has 1 aliphatic heterocycles. The topological polar surface area (TPSA) is 51.0 Å². The minimum atomic E-state index is -0.252. The summed E-state index contributed by atoms with van der Waals surface area (Å²) in [5, 5.41) is 7.33. The Hall–Kier alpha value is -1.40. The Morgan fingerprint density at radius 1 is 1.40 bits per heavy atom. The van der Waals surface area contributed by atoms with Crippen LogP contribution < -0.4 is 5.32 Å². The largest absolute Gasteiger partial charge is 0.339 e. The highest BCUT2D eigenvalue weighted by molar-refractivity contribution is 7.99. The number of nitrogens with one attached hydrogen (secondary N) is 1. The molecule has 0 bridgehead atoms. The highest BCUT2D eigenvalue weighted by atomic mass is 32.2. The molecular weight excluding hydrogens is 277 g/mol. The summed E-state index contributed by atoms with van der Waals surface area (Å²) >= 11 is 1.88. The Morgan fingerprint density at radius 3 is 3.00 bits per heavy atom. The van der Waals surface area contributed by atoms with Crippen LogP contribution in [0.1, 0.15) is 17.4 Å². The number of halogens is 1. The van der Waals surface area contributed by atoms with E-state index in [4.69, 9.17) is 4.52 Å². The molecule has 1 aromatic carbocycles. The van der Waals surface area contributed by atoms with Gasteiger partial charge < -0.3 is 9.84 Å². The Balaban J connectivity index is 1.90. The van der Waals surface area contributed by atoms with Crippen molar-refractivity contribution in [2.24, 2.45) is 0 Å². The van der Waals surface area contributed by atoms with Crippen molar-refractivity contribution >= 4 is 11.8 Å². The van der Waals surface area contributed by atoms with Gasteiger partial charge in [0.05, 0.1) is 5.92 Å². The van der Waals surface area contributed by atoms with Gasteiger partial charge in [0.2, 0.25) is 11.7 Å². The molecule has 1 aliphatic rings. The van der Waals surface area contributed by atoms with Crippen molar-refractivity contribution in [3.8, 4) is 11.4 Å². The number of thioether (sulfide) groups is 1. The zero-order chi connectivity index (χ0) is 14.1. The van der Waals surface area contributed by atoms with Gasteiger partial charge in [0.25, 0.3) is 0 Å². The van der Waals surface area contributed by atoms with Crippen LogP contribution in [0.25, 0.3) is 11.4 Å². The summed E-state index contributed by atoms with van der Waals surface area (Å²) < 4.78 is 18.5. The van der Waals surface area contributed by atoms with Gasteiger partial charge in [-0.2, -0.15) is 16.7 Å². The van der Waals surface area contributed by atoms with Crippen molar-refractivity contribution < 1.29 is 8.91 Å². The van der Waals surface area contributed by atoms with Gasteiger partial charge in [0.15, 0.2) is 0 Å². The lowest BCUT2D eigenvalue weighted by atomic mass is 10.0. The van der Waals surface area contributed by atoms with Crippen LogP contribution in [0, 0.1) is 12.7 Å². The number of aromatic nitrogens is 2. The molecule has 1 fully saturated rings. The third-order valence-corrected chi connectivity index (χ3v) is 4.83. The van der Waals surface area contributed by atoms with Gasteiger partial charge >= 0.3 is 0 Å². The van der Waals surface area contributed by atoms with Crippen LogP contribution in [0.5, 0.6) is 0 Å². The van der Waals surface area contributed by atoms with Gasteiger partial charge in [0.1, 0.15) is 5.82 Å². The number of hydrogen-bond acceptors (Lipinski definition) is 5. The minimum absolute atomic E-state index is 0.243. The molecular formula is C14H16FN3OS. The van der Waals surface area contributed by atoms with Crippen LogP contribution in [0.3, 0.4) is 0 Å². The number of likely N-dealkylation sites (N-methyl/N-ethyl adjacent to an activating group) is 1. The minimum Gasteiger partial charge on any atom is -0.339 e. The average Bonchev–Trinajstić information content (AvgIpc) is 3.06. The zero-order valence-electron chi connectivity index (χ0n) is 11.4. The van der Waals surface area contributed by atoms with Gasteiger partial charge in [-0.1, -0.05) is 5.16 Å². The summed E-state index contributed by atoms with van der Waals surface area (Å²) in [6.07, 6.45) is 0. The van der Waals surface area contributed by atoms with Gasteiger partial charge in [-0.15, -0.1) is 0 Å². The third kappa shape index (κ3) is 2.45. The lowest BCUT2D eigenvalue weighted by molar-refractivity contribution is 0.344. The van der Waals surface area contributed by atoms with Crippen molar-refractivity contribution in [1.29, 1.82) is 0 Å². The second-order valence-corrected chi connectivity index (χ2v) is 6.03. The summed E-state index contributed by atoms with van der Waals surface area (Å²) in [5.74, 6) is 3.21. The third-order valence-electron chi connectivity index (χ3n) is 3.64. The van der Waals surface area contributed by atoms with E-state index in [0.717, 1.165) is 22.6 Å². The molecule has 20 heavy (non-hydrogen) atoms. The molecule has 3 rings (SSSR count). The van der Waals surface area contributed by atoms with E-state index in [2.05, 4.69) is 15.5 Å². The smallest absolute Gasteiger partial charge is 0.232 e. The molecule has 0 amide bonds. The fourth-order valence-corrected chi connectivity index (χ4v) is 3.87. The van der Waals surface area contributed by atoms with Crippen LogP contribution in [0.15, 0.2) is 22.7 Å². The van der Waals surface area contributed by atoms with E-state index in [9.17, 15) is 4.39 Å². The molecule has 2 heterocycles. The molecule has 6 heteroatoms. The highest BCUT2D eigenvalue weighted by Gasteiger charge is 2.32. The number of hydrogen-bond donors (Lipinski definition) is 1. The normalized spacial score (nSPS) is 22.4. The van der Waals surface area contributed by atoms with Crippen LogP contribution in [-0.4, -0.2) is 34.7 Å². The van der Waals surface area contributed by atoms with Gasteiger partial charge in [0, 0.05) is 23.1 Å². The molecule has 2 unspecified atom stereocenters. The molecule has 0 spiro atoms. The highest BCUT2D eigenvalue weighted by Crippen LogP contribution is 2.33. The van der Waals surface area contributed by atoms with Gasteiger partial charge in [-0.05, 0) is 37.7 Å². The van der Waals surface area contributed by atoms with Crippen molar-refractivity contribution in [1.82, 2.24) is 15.5 Å². The molecule has 2 aromatic rings. The first kappa shape index (κ1) is 13.6. The second kappa shape index (κ2) is 5.54. The SMILES string of the molecule is CNC1CSCC1c1nc(-c2ccc(F)cc2C)no1. The van der Waals surface area contributed by atoms with Crippen LogP contribution in [0.4, 0.5) is 4.39 Å². The zero-order valence-corrected chi connectivity index (χ0v) is 12.2. The maximum atomic E-state index is 13.1. The first-order chi connectivity index (χ1) is 9.69.